The first-order valence-corrected chi connectivity index (χ1v) is 10.1. The minimum Gasteiger partial charge on any atom is -0.436 e. The van der Waals surface area contributed by atoms with E-state index in [1.807, 2.05) is 50.2 Å². The molecule has 0 saturated heterocycles. The standard InChI is InChI=1S/C23H19N3O3S/c1-14-10-11-20-19(12-14)25-21(29-20)16-7-5-8-17(13-16)24-23(28)26-30-22(27)18-9-4-3-6-15(18)2/h3-13H,1-2H3,(H2,24,26,28). The van der Waals surface area contributed by atoms with E-state index in [0.717, 1.165) is 34.2 Å². The summed E-state index contributed by atoms with van der Waals surface area (Å²) in [7, 11) is 0. The maximum atomic E-state index is 12.3. The van der Waals surface area contributed by atoms with Crippen molar-refractivity contribution in [2.24, 2.45) is 0 Å². The Balaban J connectivity index is 1.43. The van der Waals surface area contributed by atoms with E-state index in [4.69, 9.17) is 4.42 Å². The van der Waals surface area contributed by atoms with Crippen LogP contribution in [0.4, 0.5) is 10.5 Å². The highest BCUT2D eigenvalue weighted by Crippen LogP contribution is 2.26. The first-order valence-electron chi connectivity index (χ1n) is 9.31. The Kier molecular flexibility index (Phi) is 5.54. The van der Waals surface area contributed by atoms with Gasteiger partial charge in [0.05, 0.1) is 0 Å². The molecule has 0 aliphatic heterocycles. The molecule has 0 fully saturated rings. The van der Waals surface area contributed by atoms with Gasteiger partial charge in [0.15, 0.2) is 5.58 Å². The molecule has 1 heterocycles. The molecular formula is C23H19N3O3S. The molecule has 2 amide bonds. The Bertz CT molecular complexity index is 1250. The topological polar surface area (TPSA) is 84.2 Å². The number of hydrogen-bond donors (Lipinski definition) is 2. The second-order valence-corrected chi connectivity index (χ2v) is 7.61. The van der Waals surface area contributed by atoms with Gasteiger partial charge in [-0.3, -0.25) is 9.52 Å². The van der Waals surface area contributed by atoms with Gasteiger partial charge in [-0.1, -0.05) is 36.4 Å². The maximum absolute atomic E-state index is 12.3. The van der Waals surface area contributed by atoms with Gasteiger partial charge in [0.1, 0.15) is 5.52 Å². The van der Waals surface area contributed by atoms with Crippen LogP contribution in [0.15, 0.2) is 71.1 Å². The van der Waals surface area contributed by atoms with Gasteiger partial charge in [0, 0.05) is 28.8 Å². The molecule has 0 spiro atoms. The van der Waals surface area contributed by atoms with Crippen molar-refractivity contribution < 1.29 is 14.0 Å². The number of benzene rings is 3. The molecule has 6 nitrogen and oxygen atoms in total. The molecule has 150 valence electrons. The molecule has 0 bridgehead atoms. The number of aryl methyl sites for hydroxylation is 2. The highest BCUT2D eigenvalue weighted by Gasteiger charge is 2.13. The van der Waals surface area contributed by atoms with Gasteiger partial charge in [-0.25, -0.2) is 9.78 Å². The highest BCUT2D eigenvalue weighted by atomic mass is 32.2. The number of nitrogens with one attached hydrogen (secondary N) is 2. The smallest absolute Gasteiger partial charge is 0.329 e. The molecule has 7 heteroatoms. The van der Waals surface area contributed by atoms with Crippen molar-refractivity contribution in [3.63, 3.8) is 0 Å². The van der Waals surface area contributed by atoms with Crippen molar-refractivity contribution in [2.45, 2.75) is 13.8 Å². The average molecular weight is 417 g/mol. The van der Waals surface area contributed by atoms with Crippen LogP contribution in [-0.2, 0) is 0 Å². The first kappa shape index (κ1) is 19.7. The normalized spacial score (nSPS) is 10.7. The van der Waals surface area contributed by atoms with Crippen LogP contribution in [0.2, 0.25) is 0 Å². The Hall–Kier alpha value is -3.58. The molecule has 0 aliphatic carbocycles. The lowest BCUT2D eigenvalue weighted by Gasteiger charge is -2.08. The van der Waals surface area contributed by atoms with Crippen molar-refractivity contribution in [3.05, 3.63) is 83.4 Å². The molecule has 0 unspecified atom stereocenters. The quantitative estimate of drug-likeness (QED) is 0.416. The van der Waals surface area contributed by atoms with E-state index in [9.17, 15) is 9.59 Å². The molecule has 0 atom stereocenters. The van der Waals surface area contributed by atoms with E-state index >= 15 is 0 Å². The number of rotatable bonds is 3. The Labute approximate surface area is 177 Å². The highest BCUT2D eigenvalue weighted by molar-refractivity contribution is 8.12. The van der Waals surface area contributed by atoms with Crippen molar-refractivity contribution in [3.8, 4) is 11.5 Å². The van der Waals surface area contributed by atoms with Crippen molar-refractivity contribution >= 4 is 39.9 Å². The zero-order valence-electron chi connectivity index (χ0n) is 16.4. The van der Waals surface area contributed by atoms with Crippen molar-refractivity contribution in [2.75, 3.05) is 5.32 Å². The Morgan fingerprint density at radius 3 is 2.63 bits per heavy atom. The molecular weight excluding hydrogens is 398 g/mol. The molecule has 3 aromatic carbocycles. The molecule has 0 aliphatic rings. The van der Waals surface area contributed by atoms with Crippen LogP contribution < -0.4 is 10.0 Å². The summed E-state index contributed by atoms with van der Waals surface area (Å²) in [5.74, 6) is 0.476. The van der Waals surface area contributed by atoms with E-state index < -0.39 is 6.03 Å². The number of hydrogen-bond acceptors (Lipinski definition) is 5. The van der Waals surface area contributed by atoms with Crippen LogP contribution >= 0.6 is 11.9 Å². The number of carbonyl (C=O) groups excluding carboxylic acids is 2. The summed E-state index contributed by atoms with van der Waals surface area (Å²) in [5, 5.41) is 2.50. The number of fused-ring (bicyclic) bond motifs is 1. The van der Waals surface area contributed by atoms with Gasteiger partial charge in [-0.2, -0.15) is 0 Å². The molecule has 4 aromatic rings. The van der Waals surface area contributed by atoms with Crippen LogP contribution in [0.3, 0.4) is 0 Å². The molecule has 30 heavy (non-hydrogen) atoms. The Morgan fingerprint density at radius 2 is 1.80 bits per heavy atom. The number of carbonyl (C=O) groups is 2. The first-order chi connectivity index (χ1) is 14.5. The lowest BCUT2D eigenvalue weighted by atomic mass is 10.1. The summed E-state index contributed by atoms with van der Waals surface area (Å²) >= 11 is 0.744. The zero-order chi connectivity index (χ0) is 21.1. The van der Waals surface area contributed by atoms with Crippen LogP contribution in [-0.4, -0.2) is 16.1 Å². The minimum absolute atomic E-state index is 0.223. The largest absolute Gasteiger partial charge is 0.436 e. The van der Waals surface area contributed by atoms with Gasteiger partial charge in [0.2, 0.25) is 11.0 Å². The predicted octanol–water partition coefficient (Wildman–Crippen LogP) is 5.72. The third-order valence-electron chi connectivity index (χ3n) is 4.51. The fourth-order valence-electron chi connectivity index (χ4n) is 3.00. The average Bonchev–Trinajstić information content (AvgIpc) is 3.16. The zero-order valence-corrected chi connectivity index (χ0v) is 17.2. The molecule has 4 rings (SSSR count). The van der Waals surface area contributed by atoms with Gasteiger partial charge in [-0.05, 0) is 55.3 Å². The minimum atomic E-state index is -0.493. The van der Waals surface area contributed by atoms with Crippen LogP contribution in [0.5, 0.6) is 0 Å². The molecule has 1 aromatic heterocycles. The number of amides is 2. The molecule has 0 saturated carbocycles. The molecule has 0 radical (unpaired) electrons. The van der Waals surface area contributed by atoms with Crippen LogP contribution in [0.25, 0.3) is 22.6 Å². The van der Waals surface area contributed by atoms with Crippen LogP contribution in [0, 0.1) is 13.8 Å². The lowest BCUT2D eigenvalue weighted by Crippen LogP contribution is -2.24. The number of aromatic nitrogens is 1. The third kappa shape index (κ3) is 4.36. The van der Waals surface area contributed by atoms with Gasteiger partial charge >= 0.3 is 6.03 Å². The van der Waals surface area contributed by atoms with Crippen LogP contribution in [0.1, 0.15) is 21.5 Å². The number of oxazole rings is 1. The second kappa shape index (κ2) is 8.42. The van der Waals surface area contributed by atoms with Gasteiger partial charge < -0.3 is 9.73 Å². The second-order valence-electron chi connectivity index (χ2n) is 6.83. The maximum Gasteiger partial charge on any atom is 0.329 e. The fraction of sp³-hybridized carbons (Fsp3) is 0.0870. The predicted molar refractivity (Wildman–Crippen MR) is 119 cm³/mol. The summed E-state index contributed by atoms with van der Waals surface area (Å²) in [6.45, 7) is 3.85. The van der Waals surface area contributed by atoms with E-state index in [0.29, 0.717) is 22.7 Å². The van der Waals surface area contributed by atoms with E-state index in [1.54, 1.807) is 30.3 Å². The summed E-state index contributed by atoms with van der Waals surface area (Å²) in [6.07, 6.45) is 0. The molecule has 2 N–H and O–H groups in total. The SMILES string of the molecule is Cc1ccc2oc(-c3cccc(NC(=O)NSC(=O)c4ccccc4C)c3)nc2c1. The summed E-state index contributed by atoms with van der Waals surface area (Å²) in [5.41, 5.74) is 5.32. The Morgan fingerprint density at radius 1 is 0.967 bits per heavy atom. The van der Waals surface area contributed by atoms with E-state index in [-0.39, 0.29) is 5.12 Å². The third-order valence-corrected chi connectivity index (χ3v) is 5.20. The van der Waals surface area contributed by atoms with Gasteiger partial charge in [0.25, 0.3) is 0 Å². The van der Waals surface area contributed by atoms with Gasteiger partial charge in [-0.15, -0.1) is 0 Å². The summed E-state index contributed by atoms with van der Waals surface area (Å²) in [6, 6.07) is 19.7. The monoisotopic (exact) mass is 417 g/mol. The summed E-state index contributed by atoms with van der Waals surface area (Å²) < 4.78 is 8.34. The number of anilines is 1. The van der Waals surface area contributed by atoms with E-state index in [1.165, 1.54) is 0 Å². The van der Waals surface area contributed by atoms with Crippen molar-refractivity contribution in [1.82, 2.24) is 9.71 Å². The van der Waals surface area contributed by atoms with E-state index in [2.05, 4.69) is 15.0 Å². The summed E-state index contributed by atoms with van der Waals surface area (Å²) in [4.78, 5) is 29.0. The number of nitrogens with zero attached hydrogens (tertiary/aromatic N) is 1. The fourth-order valence-corrected chi connectivity index (χ4v) is 3.57. The number of urea groups is 1. The van der Waals surface area contributed by atoms with Crippen molar-refractivity contribution in [1.29, 1.82) is 0 Å². The lowest BCUT2D eigenvalue weighted by molar-refractivity contribution is 0.108.